The van der Waals surface area contributed by atoms with Gasteiger partial charge in [0, 0.05) is 19.3 Å². The Morgan fingerprint density at radius 1 is 0.418 bits per heavy atom. The maximum absolute atomic E-state index is 14.3. The number of carbonyl (C=O) groups excluding carboxylic acids is 3. The average molecular weight is 1430 g/mol. The molecule has 0 aromatic rings. The SMILES string of the molecule is CCCCCCCC/C=C\CCCCCC(=O)OCC(COP(=O)(O)OC1C(OC2OC(CO)C(O)C(O)C2O)C(O)C(O)C(O)C1OC1OC(COC(=O)CCCCCCCCCCCCCCCC)C(O)C(O)C1O)OC(=O)CCCCCCCCC(C)CCCCCCCC. The first-order valence-electron chi connectivity index (χ1n) is 38.4. The van der Waals surface area contributed by atoms with Crippen molar-refractivity contribution in [2.24, 2.45) is 5.92 Å². The first-order chi connectivity index (χ1) is 47.2. The monoisotopic (exact) mass is 1430 g/mol. The molecule has 0 aromatic heterocycles. The molecule has 2 heterocycles. The van der Waals surface area contributed by atoms with Gasteiger partial charge < -0.3 is 89.1 Å². The molecule has 2 saturated heterocycles. The van der Waals surface area contributed by atoms with Crippen LogP contribution < -0.4 is 0 Å². The van der Waals surface area contributed by atoms with Crippen LogP contribution in [0.3, 0.4) is 0 Å². The third kappa shape index (κ3) is 37.4. The fraction of sp³-hybridized carbons (Fsp3) is 0.932. The van der Waals surface area contributed by atoms with E-state index in [1.165, 1.54) is 135 Å². The van der Waals surface area contributed by atoms with E-state index >= 15 is 0 Å². The number of aliphatic hydroxyl groups excluding tert-OH is 10. The number of ether oxygens (including phenoxy) is 7. The lowest BCUT2D eigenvalue weighted by Crippen LogP contribution is -2.69. The van der Waals surface area contributed by atoms with Gasteiger partial charge in [-0.1, -0.05) is 245 Å². The van der Waals surface area contributed by atoms with E-state index in [-0.39, 0.29) is 19.3 Å². The minimum atomic E-state index is -5.70. The van der Waals surface area contributed by atoms with E-state index in [0.717, 1.165) is 96.3 Å². The van der Waals surface area contributed by atoms with Gasteiger partial charge >= 0.3 is 25.7 Å². The number of hydrogen-bond acceptors (Lipinski definition) is 23. The van der Waals surface area contributed by atoms with E-state index in [9.17, 15) is 74.9 Å². The Morgan fingerprint density at radius 3 is 1.21 bits per heavy atom. The molecule has 0 aromatic carbocycles. The lowest BCUT2D eigenvalue weighted by molar-refractivity contribution is -0.360. The zero-order chi connectivity index (χ0) is 71.9. The molecule has 0 bridgehead atoms. The molecular formula is C73H135O24P. The van der Waals surface area contributed by atoms with Gasteiger partial charge in [0.2, 0.25) is 0 Å². The Hall–Kier alpha value is -2.30. The van der Waals surface area contributed by atoms with Crippen molar-refractivity contribution in [3.05, 3.63) is 12.2 Å². The number of unbranched alkanes of at least 4 members (excludes halogenated alkanes) is 32. The van der Waals surface area contributed by atoms with Gasteiger partial charge in [-0.2, -0.15) is 0 Å². The smallest absolute Gasteiger partial charge is 0.463 e. The zero-order valence-corrected chi connectivity index (χ0v) is 61.1. The molecule has 576 valence electrons. The average Bonchev–Trinajstić information content (AvgIpc) is 0.762. The predicted octanol–water partition coefficient (Wildman–Crippen LogP) is 10.6. The van der Waals surface area contributed by atoms with Gasteiger partial charge in [0.25, 0.3) is 0 Å². The second-order valence-corrected chi connectivity index (χ2v) is 29.4. The first-order valence-corrected chi connectivity index (χ1v) is 39.9. The highest BCUT2D eigenvalue weighted by atomic mass is 31.2. The first kappa shape index (κ1) is 89.9. The standard InChI is InChI=1S/C73H135O24P/c1-5-8-11-14-17-19-21-23-25-27-29-31-37-42-47-58(76)90-52-56-61(79)63(81)68(86)73(94-56)96-70-66(84)64(82)65(83)69(95-72-67(85)62(80)60(78)55(49-74)93-72)71(70)97-98(87,88)91-51-54(50-89-57(75)46-41-36-30-28-26-24-22-20-18-15-12-9-6-2)92-59(77)48-43-38-33-32-35-40-45-53(4)44-39-34-16-13-10-7-3/h24,26,53-56,60-74,78-86H,5-23,25,27-52H2,1-4H3,(H,87,88)/b26-24-. The van der Waals surface area contributed by atoms with E-state index in [0.29, 0.717) is 25.2 Å². The summed E-state index contributed by atoms with van der Waals surface area (Å²) in [7, 11) is -5.70. The molecule has 0 spiro atoms. The van der Waals surface area contributed by atoms with Crippen molar-refractivity contribution in [1.29, 1.82) is 0 Å². The summed E-state index contributed by atoms with van der Waals surface area (Å²) in [6.45, 7) is 5.75. The predicted molar refractivity (Wildman–Crippen MR) is 370 cm³/mol. The van der Waals surface area contributed by atoms with Crippen LogP contribution in [0, 0.1) is 5.92 Å². The second kappa shape index (κ2) is 54.3. The van der Waals surface area contributed by atoms with Crippen LogP contribution in [0.5, 0.6) is 0 Å². The van der Waals surface area contributed by atoms with E-state index in [2.05, 4.69) is 39.8 Å². The number of aliphatic hydroxyl groups is 10. The highest BCUT2D eigenvalue weighted by Crippen LogP contribution is 2.49. The molecule has 2 aliphatic heterocycles. The zero-order valence-electron chi connectivity index (χ0n) is 60.2. The van der Waals surface area contributed by atoms with Gasteiger partial charge in [0.15, 0.2) is 18.7 Å². The number of phosphoric acid groups is 1. The summed E-state index contributed by atoms with van der Waals surface area (Å²) in [4.78, 5) is 51.0. The number of rotatable bonds is 59. The molecule has 25 heteroatoms. The van der Waals surface area contributed by atoms with E-state index in [1.807, 2.05) is 0 Å². The molecule has 3 rings (SSSR count). The van der Waals surface area contributed by atoms with Crippen molar-refractivity contribution >= 4 is 25.7 Å². The molecule has 1 saturated carbocycles. The van der Waals surface area contributed by atoms with Gasteiger partial charge in [-0.3, -0.25) is 23.4 Å². The van der Waals surface area contributed by atoms with Crippen LogP contribution in [0.25, 0.3) is 0 Å². The number of hydrogen-bond donors (Lipinski definition) is 11. The molecule has 3 fully saturated rings. The van der Waals surface area contributed by atoms with Gasteiger partial charge in [0.05, 0.1) is 13.2 Å². The lowest BCUT2D eigenvalue weighted by Gasteiger charge is -2.49. The fourth-order valence-electron chi connectivity index (χ4n) is 12.8. The van der Waals surface area contributed by atoms with Gasteiger partial charge in [-0.25, -0.2) is 4.57 Å². The van der Waals surface area contributed by atoms with Crippen molar-refractivity contribution in [1.82, 2.24) is 0 Å². The van der Waals surface area contributed by atoms with Crippen LogP contribution in [0.2, 0.25) is 0 Å². The van der Waals surface area contributed by atoms with Crippen molar-refractivity contribution in [2.45, 2.75) is 402 Å². The molecule has 1 aliphatic carbocycles. The largest absolute Gasteiger partial charge is 0.472 e. The van der Waals surface area contributed by atoms with Crippen LogP contribution in [0.1, 0.15) is 297 Å². The second-order valence-electron chi connectivity index (χ2n) is 28.0. The maximum Gasteiger partial charge on any atom is 0.472 e. The van der Waals surface area contributed by atoms with Crippen molar-refractivity contribution in [3.8, 4) is 0 Å². The summed E-state index contributed by atoms with van der Waals surface area (Å²) >= 11 is 0. The van der Waals surface area contributed by atoms with Crippen LogP contribution in [-0.2, 0) is 61.2 Å². The number of phosphoric ester groups is 1. The Kier molecular flexibility index (Phi) is 49.9. The minimum absolute atomic E-state index is 0.0267. The van der Waals surface area contributed by atoms with Crippen molar-refractivity contribution in [2.75, 3.05) is 26.4 Å². The molecule has 3 aliphatic rings. The summed E-state index contributed by atoms with van der Waals surface area (Å²) in [5.74, 6) is -1.32. The number of carbonyl (C=O) groups is 3. The normalized spacial score (nSPS) is 28.0. The highest BCUT2D eigenvalue weighted by molar-refractivity contribution is 7.47. The maximum atomic E-state index is 14.3. The molecular weight excluding hydrogens is 1290 g/mol. The fourth-order valence-corrected chi connectivity index (χ4v) is 13.8. The Labute approximate surface area is 586 Å². The van der Waals surface area contributed by atoms with Crippen LogP contribution in [-0.4, -0.2) is 204 Å². The highest BCUT2D eigenvalue weighted by Gasteiger charge is 2.58. The topological polar surface area (TPSA) is 374 Å². The lowest BCUT2D eigenvalue weighted by atomic mass is 9.84. The Balaban J connectivity index is 1.74. The van der Waals surface area contributed by atoms with Gasteiger partial charge in [-0.15, -0.1) is 0 Å². The summed E-state index contributed by atoms with van der Waals surface area (Å²) in [6, 6.07) is 0. The Bertz CT molecular complexity index is 2090. The van der Waals surface area contributed by atoms with E-state index in [1.54, 1.807) is 0 Å². The summed E-state index contributed by atoms with van der Waals surface area (Å²) in [5.41, 5.74) is 0. The Morgan fingerprint density at radius 2 is 0.776 bits per heavy atom. The summed E-state index contributed by atoms with van der Waals surface area (Å²) in [6.07, 6.45) is 11.4. The quantitative estimate of drug-likeness (QED) is 0.00886. The minimum Gasteiger partial charge on any atom is -0.463 e. The molecule has 0 amide bonds. The van der Waals surface area contributed by atoms with E-state index in [4.69, 9.17) is 42.2 Å². The van der Waals surface area contributed by atoms with Gasteiger partial charge in [0.1, 0.15) is 98.7 Å². The molecule has 98 heavy (non-hydrogen) atoms. The number of esters is 3. The van der Waals surface area contributed by atoms with E-state index < -0.39 is 156 Å². The molecule has 0 radical (unpaired) electrons. The molecule has 24 nitrogen and oxygen atoms in total. The molecule has 11 N–H and O–H groups in total. The molecule has 19 atom stereocenters. The van der Waals surface area contributed by atoms with Crippen LogP contribution in [0.15, 0.2) is 12.2 Å². The van der Waals surface area contributed by atoms with Crippen molar-refractivity contribution < 1.29 is 117 Å². The van der Waals surface area contributed by atoms with Crippen LogP contribution in [0.4, 0.5) is 0 Å². The number of allylic oxidation sites excluding steroid dienone is 2. The van der Waals surface area contributed by atoms with Crippen LogP contribution >= 0.6 is 7.82 Å². The summed E-state index contributed by atoms with van der Waals surface area (Å²) in [5, 5.41) is 110. The third-order valence-electron chi connectivity index (χ3n) is 19.2. The van der Waals surface area contributed by atoms with Gasteiger partial charge in [-0.05, 0) is 50.9 Å². The third-order valence-corrected chi connectivity index (χ3v) is 20.2. The summed E-state index contributed by atoms with van der Waals surface area (Å²) < 4.78 is 65.1. The molecule has 19 unspecified atom stereocenters. The van der Waals surface area contributed by atoms with Crippen molar-refractivity contribution in [3.63, 3.8) is 0 Å².